The minimum atomic E-state index is -0.167. The van der Waals surface area contributed by atoms with Crippen LogP contribution in [-0.2, 0) is 0 Å². The van der Waals surface area contributed by atoms with Crippen LogP contribution in [0.5, 0.6) is 5.75 Å². The van der Waals surface area contributed by atoms with Crippen LogP contribution in [0, 0.1) is 5.92 Å². The van der Waals surface area contributed by atoms with Crippen molar-refractivity contribution in [3.63, 3.8) is 0 Å². The Morgan fingerprint density at radius 2 is 1.12 bits per heavy atom. The van der Waals surface area contributed by atoms with Crippen molar-refractivity contribution in [2.24, 2.45) is 5.92 Å². The van der Waals surface area contributed by atoms with Crippen LogP contribution >= 0.6 is 0 Å². The molecule has 14 rings (SSSR count). The van der Waals surface area contributed by atoms with Crippen molar-refractivity contribution in [1.82, 2.24) is 0 Å². The Labute approximate surface area is 370 Å². The highest BCUT2D eigenvalue weighted by molar-refractivity contribution is 6.24. The number of fused-ring (bicyclic) bond motifs is 14. The molecule has 3 aliphatic carbocycles. The third-order valence-electron chi connectivity index (χ3n) is 14.3. The lowest BCUT2D eigenvalue weighted by molar-refractivity contribution is 0.268. The number of hydrogen-bond donors (Lipinski definition) is 0. The first-order valence-corrected chi connectivity index (χ1v) is 22.5. The number of hydrogen-bond acceptors (Lipinski definition) is 2. The van der Waals surface area contributed by atoms with Gasteiger partial charge in [0, 0.05) is 28.2 Å². The largest absolute Gasteiger partial charge is 0.481 e. The third-order valence-corrected chi connectivity index (χ3v) is 14.3. The quantitative estimate of drug-likeness (QED) is 0.165. The zero-order valence-corrected chi connectivity index (χ0v) is 35.0. The number of furan rings is 1. The Kier molecular flexibility index (Phi) is 7.67. The molecule has 0 saturated heterocycles. The molecule has 3 atom stereocenters. The fourth-order valence-corrected chi connectivity index (χ4v) is 11.7. The van der Waals surface area contributed by atoms with E-state index in [-0.39, 0.29) is 17.9 Å². The fraction of sp³-hybridized carbons (Fsp3) is 0.0645. The van der Waals surface area contributed by atoms with Crippen LogP contribution in [0.25, 0.3) is 87.7 Å². The number of allylic oxidation sites excluding steroid dienone is 6. The fourth-order valence-electron chi connectivity index (χ4n) is 11.7. The second-order valence-corrected chi connectivity index (χ2v) is 17.6. The smallest absolute Gasteiger partial charge is 0.178 e. The van der Waals surface area contributed by atoms with Crippen LogP contribution in [0.15, 0.2) is 228 Å². The molecule has 4 aliphatic rings. The van der Waals surface area contributed by atoms with Gasteiger partial charge in [0.15, 0.2) is 11.3 Å². The number of ether oxygens (including phenoxy) is 1. The lowest BCUT2D eigenvalue weighted by Gasteiger charge is -2.32. The van der Waals surface area contributed by atoms with Crippen molar-refractivity contribution in [3.05, 3.63) is 245 Å². The van der Waals surface area contributed by atoms with Crippen molar-refractivity contribution in [2.45, 2.75) is 18.4 Å². The van der Waals surface area contributed by atoms with Gasteiger partial charge in [-0.2, -0.15) is 0 Å². The Hall–Kier alpha value is -7.94. The first-order chi connectivity index (χ1) is 31.8. The van der Waals surface area contributed by atoms with Crippen molar-refractivity contribution in [1.29, 1.82) is 0 Å². The van der Waals surface area contributed by atoms with Gasteiger partial charge in [-0.1, -0.05) is 194 Å². The van der Waals surface area contributed by atoms with Crippen molar-refractivity contribution < 1.29 is 9.15 Å². The summed E-state index contributed by atoms with van der Waals surface area (Å²) in [5.74, 6) is 1.17. The van der Waals surface area contributed by atoms with Gasteiger partial charge in [-0.3, -0.25) is 0 Å². The second kappa shape index (κ2) is 13.8. The van der Waals surface area contributed by atoms with E-state index >= 15 is 0 Å². The van der Waals surface area contributed by atoms with Gasteiger partial charge in [0.1, 0.15) is 11.7 Å². The van der Waals surface area contributed by atoms with E-state index in [1.54, 1.807) is 0 Å². The first kappa shape index (κ1) is 35.6. The molecule has 300 valence electrons. The lowest BCUT2D eigenvalue weighted by Crippen LogP contribution is -2.38. The van der Waals surface area contributed by atoms with Gasteiger partial charge in [0.2, 0.25) is 0 Å². The van der Waals surface area contributed by atoms with E-state index in [4.69, 9.17) is 9.15 Å². The van der Waals surface area contributed by atoms with E-state index in [1.807, 2.05) is 0 Å². The van der Waals surface area contributed by atoms with Crippen molar-refractivity contribution >= 4 is 65.4 Å². The van der Waals surface area contributed by atoms with Gasteiger partial charge in [-0.15, -0.1) is 0 Å². The molecule has 3 unspecified atom stereocenters. The number of rotatable bonds is 4. The van der Waals surface area contributed by atoms with Gasteiger partial charge < -0.3 is 9.15 Å². The van der Waals surface area contributed by atoms with Crippen LogP contribution in [0.1, 0.15) is 23.5 Å². The van der Waals surface area contributed by atoms with Crippen LogP contribution in [0.2, 0.25) is 0 Å². The van der Waals surface area contributed by atoms with Crippen molar-refractivity contribution in [3.8, 4) is 28.0 Å². The molecule has 0 fully saturated rings. The highest BCUT2D eigenvalue weighted by Crippen LogP contribution is 2.54. The summed E-state index contributed by atoms with van der Waals surface area (Å²) >= 11 is 0. The van der Waals surface area contributed by atoms with E-state index in [0.29, 0.717) is 0 Å². The van der Waals surface area contributed by atoms with E-state index in [1.165, 1.54) is 92.9 Å². The standard InChI is InChI=1S/C62H40O2/c1-3-17-37(18-4-1)55-41-21-7-11-25-45(41)57(46-26-12-8-22-42(46)55)39-31-33-51-53(35-39)63-61-59(51)49-29-15-16-30-50(49)60-52-34-32-40(36-54(52)64-62(60)61)58-47-27-13-9-23-43(47)56(38-19-5-2-6-20-38)44-24-10-14-28-48(44)58/h1-27,29-36,48,52,54H,28H2. The highest BCUT2D eigenvalue weighted by Gasteiger charge is 2.40. The second-order valence-electron chi connectivity index (χ2n) is 17.6. The molecule has 0 saturated carbocycles. The Bertz CT molecular complexity index is 3840. The number of benzene rings is 9. The summed E-state index contributed by atoms with van der Waals surface area (Å²) in [7, 11) is 0. The normalized spacial score (nSPS) is 18.5. The average Bonchev–Trinajstić information content (AvgIpc) is 3.94. The highest BCUT2D eigenvalue weighted by atomic mass is 16.5. The summed E-state index contributed by atoms with van der Waals surface area (Å²) in [6, 6.07) is 64.0. The summed E-state index contributed by atoms with van der Waals surface area (Å²) in [5, 5.41) is 12.2. The molecular weight excluding hydrogens is 777 g/mol. The molecule has 0 bridgehead atoms. The Balaban J connectivity index is 0.944. The zero-order valence-electron chi connectivity index (χ0n) is 35.0. The van der Waals surface area contributed by atoms with E-state index in [2.05, 4.69) is 212 Å². The van der Waals surface area contributed by atoms with Gasteiger partial charge in [-0.05, 0) is 117 Å². The summed E-state index contributed by atoms with van der Waals surface area (Å²) in [4.78, 5) is 0. The monoisotopic (exact) mass is 816 g/mol. The topological polar surface area (TPSA) is 22.4 Å². The molecule has 0 N–H and O–H groups in total. The molecule has 2 heterocycles. The average molecular weight is 817 g/mol. The first-order valence-electron chi connectivity index (χ1n) is 22.5. The SMILES string of the molecule is C1=CCC2C(=C1)C(c1ccccc1)=c1ccccc1=C2C1=CC2Oc3c(c4ccccc4c4c3oc3cc(-c5c6ccccc6c(-c6ccccc6)c6ccccc56)ccc34)C2C=C1. The van der Waals surface area contributed by atoms with E-state index in [9.17, 15) is 0 Å². The molecule has 64 heavy (non-hydrogen) atoms. The molecule has 0 amide bonds. The maximum Gasteiger partial charge on any atom is 0.178 e. The molecule has 10 aromatic rings. The van der Waals surface area contributed by atoms with E-state index < -0.39 is 0 Å². The third kappa shape index (κ3) is 5.08. The minimum Gasteiger partial charge on any atom is -0.481 e. The molecular formula is C62H40O2. The molecule has 1 aromatic heterocycles. The summed E-state index contributed by atoms with van der Waals surface area (Å²) in [6.07, 6.45) is 14.9. The summed E-state index contributed by atoms with van der Waals surface area (Å²) in [5.41, 5.74) is 14.3. The lowest BCUT2D eigenvalue weighted by atomic mass is 9.71. The van der Waals surface area contributed by atoms with Crippen LogP contribution in [-0.4, -0.2) is 6.10 Å². The molecule has 9 aromatic carbocycles. The van der Waals surface area contributed by atoms with Gasteiger partial charge >= 0.3 is 0 Å². The van der Waals surface area contributed by atoms with E-state index in [0.717, 1.165) is 39.7 Å². The maximum atomic E-state index is 7.21. The van der Waals surface area contributed by atoms with Crippen LogP contribution in [0.3, 0.4) is 0 Å². The predicted octanol–water partition coefficient (Wildman–Crippen LogP) is 14.3. The summed E-state index contributed by atoms with van der Waals surface area (Å²) in [6.45, 7) is 0. The molecule has 2 nitrogen and oxygen atoms in total. The molecule has 2 heteroatoms. The Morgan fingerprint density at radius 1 is 0.516 bits per heavy atom. The predicted molar refractivity (Wildman–Crippen MR) is 265 cm³/mol. The van der Waals surface area contributed by atoms with Crippen molar-refractivity contribution in [2.75, 3.05) is 0 Å². The Morgan fingerprint density at radius 3 is 1.84 bits per heavy atom. The van der Waals surface area contributed by atoms with Crippen LogP contribution in [0.4, 0.5) is 0 Å². The maximum absolute atomic E-state index is 7.21. The molecule has 0 radical (unpaired) electrons. The van der Waals surface area contributed by atoms with Gasteiger partial charge in [0.25, 0.3) is 0 Å². The zero-order chi connectivity index (χ0) is 41.9. The molecule has 0 spiro atoms. The van der Waals surface area contributed by atoms with Gasteiger partial charge in [0.05, 0.1) is 0 Å². The van der Waals surface area contributed by atoms with Crippen LogP contribution < -0.4 is 15.2 Å². The van der Waals surface area contributed by atoms with Gasteiger partial charge in [-0.25, -0.2) is 0 Å². The minimum absolute atomic E-state index is 0.0600. The summed E-state index contributed by atoms with van der Waals surface area (Å²) < 4.78 is 14.3. The molecule has 1 aliphatic heterocycles.